The molecule has 6 amide bonds. The number of carbonyl (C=O) groups excluding carboxylic acids is 8. The number of amides is 6. The second-order valence-electron chi connectivity index (χ2n) is 17.3. The summed E-state index contributed by atoms with van der Waals surface area (Å²) in [5.41, 5.74) is 14.6. The summed E-state index contributed by atoms with van der Waals surface area (Å²) in [6.07, 6.45) is 0.833. The van der Waals surface area contributed by atoms with Crippen molar-refractivity contribution in [3.8, 4) is 0 Å². The molecule has 2 aromatic rings. The Morgan fingerprint density at radius 1 is 0.629 bits per heavy atom. The van der Waals surface area contributed by atoms with Gasteiger partial charge < -0.3 is 52.8 Å². The van der Waals surface area contributed by atoms with Gasteiger partial charge in [0.15, 0.2) is 5.03 Å². The highest BCUT2D eigenvalue weighted by Gasteiger charge is 2.26. The van der Waals surface area contributed by atoms with Crippen LogP contribution < -0.4 is 48.8 Å². The summed E-state index contributed by atoms with van der Waals surface area (Å²) in [6.45, 7) is 8.56. The standard InChI is InChI=1S/C47H71N11O12/c1-30(23-38(59)27-37(45(65)69-28-35-15-8-6-9-16-35)19-12-13-21-51-47(66)70-29-36-17-10-7-11-18-36)52-40(60)24-31(2)53-41(61)25-32(3)54-42(62)26-33(4)55-43(63)34(5)56-44(64)39(48)20-14-22-50-46(49)57-58(67)68/h6-11,15-18,30-34,37,39H,12-14,19-29,48H2,1-5H3,(H,51,66)(H,52,60)(H,53,61)(H,54,62)(H,55,63)(H,56,64)(H3,49,50,57)/t30-,31-,32-,33-,34-,37+,39-/m0/s1. The van der Waals surface area contributed by atoms with Gasteiger partial charge in [-0.15, -0.1) is 0 Å². The maximum absolute atomic E-state index is 13.2. The number of benzene rings is 2. The van der Waals surface area contributed by atoms with Crippen molar-refractivity contribution in [2.75, 3.05) is 13.1 Å². The molecule has 0 heterocycles. The maximum atomic E-state index is 13.2. The Morgan fingerprint density at radius 3 is 1.66 bits per heavy atom. The van der Waals surface area contributed by atoms with E-state index in [2.05, 4.69) is 36.9 Å². The van der Waals surface area contributed by atoms with Crippen LogP contribution in [-0.2, 0) is 56.2 Å². The van der Waals surface area contributed by atoms with E-state index in [-0.39, 0.29) is 70.0 Å². The van der Waals surface area contributed by atoms with Gasteiger partial charge in [-0.05, 0) is 71.4 Å². The summed E-state index contributed by atoms with van der Waals surface area (Å²) in [4.78, 5) is 116. The molecule has 0 radical (unpaired) electrons. The van der Waals surface area contributed by atoms with Crippen molar-refractivity contribution >= 4 is 53.3 Å². The van der Waals surface area contributed by atoms with Crippen LogP contribution in [0.15, 0.2) is 65.7 Å². The third kappa shape index (κ3) is 27.0. The number of hydrazine groups is 1. The first-order valence-corrected chi connectivity index (χ1v) is 23.3. The van der Waals surface area contributed by atoms with Crippen LogP contribution in [0.2, 0.25) is 0 Å². The van der Waals surface area contributed by atoms with Crippen LogP contribution in [0.3, 0.4) is 0 Å². The highest BCUT2D eigenvalue weighted by Crippen LogP contribution is 2.18. The van der Waals surface area contributed by atoms with Gasteiger partial charge in [0.25, 0.3) is 5.96 Å². The Balaban J connectivity index is 1.72. The first kappa shape index (κ1) is 59.0. The predicted octanol–water partition coefficient (Wildman–Crippen LogP) is 1.69. The molecule has 11 N–H and O–H groups in total. The molecule has 2 aromatic carbocycles. The van der Waals surface area contributed by atoms with E-state index in [0.29, 0.717) is 32.2 Å². The molecule has 2 rings (SSSR count). The van der Waals surface area contributed by atoms with Gasteiger partial charge in [-0.2, -0.15) is 0 Å². The van der Waals surface area contributed by atoms with E-state index in [9.17, 15) is 48.5 Å². The minimum Gasteiger partial charge on any atom is -0.461 e. The van der Waals surface area contributed by atoms with Crippen molar-refractivity contribution in [2.45, 2.75) is 148 Å². The lowest BCUT2D eigenvalue weighted by molar-refractivity contribution is -0.525. The normalized spacial score (nSPS) is 14.1. The van der Waals surface area contributed by atoms with Gasteiger partial charge in [0.1, 0.15) is 25.0 Å². The molecule has 0 aliphatic heterocycles. The average Bonchev–Trinajstić information content (AvgIpc) is 3.28. The second-order valence-corrected chi connectivity index (χ2v) is 17.3. The summed E-state index contributed by atoms with van der Waals surface area (Å²) < 4.78 is 10.8. The lowest BCUT2D eigenvalue weighted by Crippen LogP contribution is -2.52. The van der Waals surface area contributed by atoms with E-state index in [1.54, 1.807) is 33.1 Å². The topological polar surface area (TPSA) is 347 Å². The van der Waals surface area contributed by atoms with Crippen LogP contribution in [0.5, 0.6) is 0 Å². The number of nitrogens with two attached hydrogens (primary N) is 2. The van der Waals surface area contributed by atoms with E-state index < -0.39 is 88.8 Å². The minimum absolute atomic E-state index is 0.0430. The van der Waals surface area contributed by atoms with Crippen molar-refractivity contribution in [3.63, 3.8) is 0 Å². The van der Waals surface area contributed by atoms with Crippen LogP contribution in [0.1, 0.15) is 110 Å². The molecule has 0 bridgehead atoms. The van der Waals surface area contributed by atoms with Crippen molar-refractivity contribution in [1.82, 2.24) is 37.3 Å². The molecule has 0 saturated carbocycles. The van der Waals surface area contributed by atoms with E-state index >= 15 is 0 Å². The van der Waals surface area contributed by atoms with Gasteiger partial charge in [-0.25, -0.2) is 19.9 Å². The predicted molar refractivity (Wildman–Crippen MR) is 258 cm³/mol. The van der Waals surface area contributed by atoms with Crippen molar-refractivity contribution in [1.29, 1.82) is 0 Å². The second kappa shape index (κ2) is 32.6. The van der Waals surface area contributed by atoms with Gasteiger partial charge in [0, 0.05) is 69.4 Å². The number of carbonyl (C=O) groups is 8. The first-order chi connectivity index (χ1) is 33.2. The molecule has 7 atom stereocenters. The molecule has 0 aliphatic rings. The number of guanidine groups is 1. The fraction of sp³-hybridized carbons (Fsp3) is 0.553. The Kier molecular flexibility index (Phi) is 27.4. The van der Waals surface area contributed by atoms with E-state index in [0.717, 1.165) is 11.1 Å². The monoisotopic (exact) mass is 982 g/mol. The Morgan fingerprint density at radius 2 is 1.13 bits per heavy atom. The summed E-state index contributed by atoms with van der Waals surface area (Å²) in [7, 11) is 0. The average molecular weight is 982 g/mol. The summed E-state index contributed by atoms with van der Waals surface area (Å²) in [5, 5.41) is 25.5. The van der Waals surface area contributed by atoms with Crippen LogP contribution in [0.4, 0.5) is 4.79 Å². The number of ether oxygens (including phenoxy) is 2. The Hall–Kier alpha value is -7.17. The summed E-state index contributed by atoms with van der Waals surface area (Å²) in [6, 6.07) is 14.1. The third-order valence-electron chi connectivity index (χ3n) is 10.4. The quantitative estimate of drug-likeness (QED) is 0.0126. The Bertz CT molecular complexity index is 2040. The fourth-order valence-electron chi connectivity index (χ4n) is 6.89. The van der Waals surface area contributed by atoms with Crippen LogP contribution in [0, 0.1) is 16.0 Å². The number of alkyl carbamates (subject to hydrolysis) is 1. The van der Waals surface area contributed by atoms with Crippen molar-refractivity contribution in [2.24, 2.45) is 22.4 Å². The number of Topliss-reactive ketones (excluding diaryl/α,β-unsaturated/α-hetero) is 1. The number of esters is 1. The lowest BCUT2D eigenvalue weighted by atomic mass is 9.94. The number of nitrogens with one attached hydrogen (secondary N) is 7. The van der Waals surface area contributed by atoms with E-state index in [1.165, 1.54) is 6.92 Å². The number of nitrogens with zero attached hydrogens (tertiary/aromatic N) is 2. The Labute approximate surface area is 408 Å². The molecule has 0 aromatic heterocycles. The molecule has 0 saturated heterocycles. The van der Waals surface area contributed by atoms with Crippen LogP contribution >= 0.6 is 0 Å². The molecule has 386 valence electrons. The zero-order chi connectivity index (χ0) is 52.0. The van der Waals surface area contributed by atoms with Gasteiger partial charge >= 0.3 is 12.1 Å². The zero-order valence-electron chi connectivity index (χ0n) is 40.7. The SMILES string of the molecule is C[C@H](NC(=O)[C@@H](N)CCCN=C(N)N[N+](=O)[O-])C(=O)N[C@@H](C)CC(=O)N[C@@H](C)CC(=O)N[C@@H](C)CC(=O)N[C@@H](C)CC(=O)C[C@@H](CCCCNC(=O)OCc1ccccc1)C(=O)OCc1ccccc1. The summed E-state index contributed by atoms with van der Waals surface area (Å²) >= 11 is 0. The maximum Gasteiger partial charge on any atom is 0.407 e. The first-order valence-electron chi connectivity index (χ1n) is 23.3. The largest absolute Gasteiger partial charge is 0.461 e. The molecule has 0 aliphatic carbocycles. The molecular weight excluding hydrogens is 911 g/mol. The molecule has 70 heavy (non-hydrogen) atoms. The number of unbranched alkanes of at least 4 members (excludes halogenated alkanes) is 1. The number of nitro groups is 1. The molecule has 0 spiro atoms. The highest BCUT2D eigenvalue weighted by atomic mass is 16.7. The van der Waals surface area contributed by atoms with Gasteiger partial charge in [0.05, 0.1) is 12.0 Å². The van der Waals surface area contributed by atoms with Crippen molar-refractivity contribution in [3.05, 3.63) is 81.9 Å². The van der Waals surface area contributed by atoms with E-state index in [4.69, 9.17) is 20.9 Å². The molecule has 0 fully saturated rings. The van der Waals surface area contributed by atoms with Gasteiger partial charge in [-0.3, -0.25) is 33.6 Å². The van der Waals surface area contributed by atoms with Gasteiger partial charge in [-0.1, -0.05) is 72.5 Å². The number of hydrogen-bond donors (Lipinski definition) is 9. The minimum atomic E-state index is -0.983. The molecule has 23 nitrogen and oxygen atoms in total. The van der Waals surface area contributed by atoms with Crippen molar-refractivity contribution < 1.29 is 52.9 Å². The molecule has 0 unspecified atom stereocenters. The van der Waals surface area contributed by atoms with Crippen LogP contribution in [0.25, 0.3) is 0 Å². The fourth-order valence-corrected chi connectivity index (χ4v) is 6.89. The zero-order valence-corrected chi connectivity index (χ0v) is 40.7. The molecular formula is C47H71N11O12. The number of rotatable bonds is 32. The molecule has 23 heteroatoms. The number of ketones is 1. The summed E-state index contributed by atoms with van der Waals surface area (Å²) in [5.74, 6) is -4.33. The van der Waals surface area contributed by atoms with Crippen LogP contribution in [-0.4, -0.2) is 108 Å². The lowest BCUT2D eigenvalue weighted by Gasteiger charge is -2.21. The van der Waals surface area contributed by atoms with Gasteiger partial charge in [0.2, 0.25) is 29.5 Å². The number of aliphatic imine (C=N–C) groups is 1. The number of hydrogen-bond acceptors (Lipinski definition) is 14. The van der Waals surface area contributed by atoms with E-state index in [1.807, 2.05) is 60.7 Å². The smallest absolute Gasteiger partial charge is 0.407 e. The third-order valence-corrected chi connectivity index (χ3v) is 10.4. The highest BCUT2D eigenvalue weighted by molar-refractivity contribution is 5.90.